The molecule has 146 valence electrons. The number of nitrogens with zero attached hydrogens (tertiary/aromatic N) is 1. The van der Waals surface area contributed by atoms with Crippen molar-refractivity contribution >= 4 is 28.7 Å². The van der Waals surface area contributed by atoms with E-state index in [-0.39, 0.29) is 18.7 Å². The first-order valence-electron chi connectivity index (χ1n) is 8.80. The van der Waals surface area contributed by atoms with E-state index in [1.54, 1.807) is 39.0 Å². The number of aryl methyl sites for hydroxylation is 1. The van der Waals surface area contributed by atoms with Gasteiger partial charge in [0.15, 0.2) is 12.2 Å². The van der Waals surface area contributed by atoms with Gasteiger partial charge in [0, 0.05) is 11.1 Å². The number of hydrogen-bond donors (Lipinski definition) is 1. The number of carbonyl (C=O) groups is 3. The molecule has 0 saturated heterocycles. The second-order valence-corrected chi connectivity index (χ2v) is 6.23. The van der Waals surface area contributed by atoms with E-state index in [1.165, 1.54) is 0 Å². The van der Waals surface area contributed by atoms with Crippen LogP contribution in [0.3, 0.4) is 0 Å². The van der Waals surface area contributed by atoms with Crippen molar-refractivity contribution in [3.05, 3.63) is 52.5 Å². The molecule has 0 saturated carbocycles. The number of Topliss-reactive ketones (excluding diaryl/α,β-unsaturated/α-hetero) is 1. The van der Waals surface area contributed by atoms with Gasteiger partial charge in [-0.15, -0.1) is 0 Å². The van der Waals surface area contributed by atoms with E-state index in [2.05, 4.69) is 10.1 Å². The van der Waals surface area contributed by atoms with E-state index < -0.39 is 24.3 Å². The Morgan fingerprint density at radius 1 is 1.14 bits per heavy atom. The van der Waals surface area contributed by atoms with Crippen LogP contribution in [0.2, 0.25) is 0 Å². The van der Waals surface area contributed by atoms with E-state index in [4.69, 9.17) is 14.0 Å². The standard InChI is InChI=1S/C20H20N2O6/c1-4-26-20(25)18-11(2)19(21-12(18)3)15(23)10-27-17(24)9-14-13-7-5-6-8-16(13)28-22-14/h5-8,21H,4,9-10H2,1-3H3. The zero-order chi connectivity index (χ0) is 20.3. The maximum atomic E-state index is 12.4. The number of hydrogen-bond acceptors (Lipinski definition) is 7. The van der Waals surface area contributed by atoms with E-state index in [0.29, 0.717) is 28.1 Å². The highest BCUT2D eigenvalue weighted by atomic mass is 16.5. The van der Waals surface area contributed by atoms with Crippen LogP contribution in [0.5, 0.6) is 0 Å². The average Bonchev–Trinajstić information content (AvgIpc) is 3.20. The van der Waals surface area contributed by atoms with Crippen molar-refractivity contribution in [1.29, 1.82) is 0 Å². The second-order valence-electron chi connectivity index (χ2n) is 6.23. The Morgan fingerprint density at radius 2 is 1.89 bits per heavy atom. The third-order valence-corrected chi connectivity index (χ3v) is 4.32. The van der Waals surface area contributed by atoms with Gasteiger partial charge in [0.2, 0.25) is 5.78 Å². The van der Waals surface area contributed by atoms with Gasteiger partial charge in [-0.05, 0) is 38.5 Å². The molecule has 0 bridgehead atoms. The summed E-state index contributed by atoms with van der Waals surface area (Å²) in [6.45, 7) is 4.82. The van der Waals surface area contributed by atoms with Crippen LogP contribution in [-0.4, -0.2) is 41.1 Å². The number of para-hydroxylation sites is 1. The number of ether oxygens (including phenoxy) is 2. The lowest BCUT2D eigenvalue weighted by Crippen LogP contribution is -2.17. The molecular formula is C20H20N2O6. The summed E-state index contributed by atoms with van der Waals surface area (Å²) in [4.78, 5) is 39.4. The van der Waals surface area contributed by atoms with Gasteiger partial charge in [-0.25, -0.2) is 4.79 Å². The van der Waals surface area contributed by atoms with Gasteiger partial charge >= 0.3 is 11.9 Å². The molecule has 0 atom stereocenters. The van der Waals surface area contributed by atoms with Gasteiger partial charge in [0.25, 0.3) is 0 Å². The van der Waals surface area contributed by atoms with Crippen molar-refractivity contribution in [2.75, 3.05) is 13.2 Å². The van der Waals surface area contributed by atoms with Crippen LogP contribution < -0.4 is 0 Å². The molecule has 0 aliphatic rings. The van der Waals surface area contributed by atoms with E-state index >= 15 is 0 Å². The first-order valence-corrected chi connectivity index (χ1v) is 8.80. The topological polar surface area (TPSA) is 111 Å². The number of nitrogens with one attached hydrogen (secondary N) is 1. The fourth-order valence-corrected chi connectivity index (χ4v) is 3.01. The fourth-order valence-electron chi connectivity index (χ4n) is 3.01. The quantitative estimate of drug-likeness (QED) is 0.492. The molecular weight excluding hydrogens is 364 g/mol. The van der Waals surface area contributed by atoms with Gasteiger partial charge in [-0.2, -0.15) is 0 Å². The SMILES string of the molecule is CCOC(=O)c1c(C)[nH]c(C(=O)COC(=O)Cc2noc3ccccc23)c1C. The molecule has 8 heteroatoms. The van der Waals surface area contributed by atoms with Crippen LogP contribution in [-0.2, 0) is 20.7 Å². The minimum atomic E-state index is -0.598. The first kappa shape index (κ1) is 19.3. The molecule has 0 spiro atoms. The number of fused-ring (bicyclic) bond motifs is 1. The molecule has 0 fully saturated rings. The molecule has 3 rings (SSSR count). The van der Waals surface area contributed by atoms with Crippen molar-refractivity contribution in [2.45, 2.75) is 27.2 Å². The van der Waals surface area contributed by atoms with Gasteiger partial charge in [0.1, 0.15) is 5.69 Å². The molecule has 1 N–H and O–H groups in total. The molecule has 2 heterocycles. The Labute approximate surface area is 160 Å². The predicted molar refractivity (Wildman–Crippen MR) is 99.2 cm³/mol. The number of aromatic amines is 1. The summed E-state index contributed by atoms with van der Waals surface area (Å²) in [5, 5.41) is 4.59. The smallest absolute Gasteiger partial charge is 0.340 e. The van der Waals surface area contributed by atoms with E-state index in [0.717, 1.165) is 5.39 Å². The maximum Gasteiger partial charge on any atom is 0.340 e. The lowest BCUT2D eigenvalue weighted by Gasteiger charge is -2.04. The van der Waals surface area contributed by atoms with Crippen LogP contribution in [0.1, 0.15) is 44.7 Å². The van der Waals surface area contributed by atoms with Gasteiger partial charge < -0.3 is 19.0 Å². The van der Waals surface area contributed by atoms with Gasteiger partial charge in [0.05, 0.1) is 24.3 Å². The normalized spacial score (nSPS) is 10.8. The third kappa shape index (κ3) is 3.80. The van der Waals surface area contributed by atoms with Crippen molar-refractivity contribution in [3.63, 3.8) is 0 Å². The molecule has 3 aromatic rings. The van der Waals surface area contributed by atoms with Crippen molar-refractivity contribution in [3.8, 4) is 0 Å². The van der Waals surface area contributed by atoms with E-state index in [9.17, 15) is 14.4 Å². The predicted octanol–water partition coefficient (Wildman–Crippen LogP) is 2.92. The first-order chi connectivity index (χ1) is 13.4. The molecule has 0 radical (unpaired) electrons. The lowest BCUT2D eigenvalue weighted by molar-refractivity contribution is -0.141. The van der Waals surface area contributed by atoms with Crippen molar-refractivity contribution in [1.82, 2.24) is 10.1 Å². The Hall–Kier alpha value is -3.42. The minimum Gasteiger partial charge on any atom is -0.462 e. The summed E-state index contributed by atoms with van der Waals surface area (Å²) in [7, 11) is 0. The van der Waals surface area contributed by atoms with Crippen LogP contribution in [0.15, 0.2) is 28.8 Å². The Balaban J connectivity index is 1.65. The van der Waals surface area contributed by atoms with Crippen LogP contribution >= 0.6 is 0 Å². The monoisotopic (exact) mass is 384 g/mol. The highest BCUT2D eigenvalue weighted by Gasteiger charge is 2.23. The lowest BCUT2D eigenvalue weighted by atomic mass is 10.1. The van der Waals surface area contributed by atoms with E-state index in [1.807, 2.05) is 6.07 Å². The number of ketones is 1. The second kappa shape index (κ2) is 8.08. The van der Waals surface area contributed by atoms with Crippen LogP contribution in [0.25, 0.3) is 11.0 Å². The molecule has 2 aromatic heterocycles. The Morgan fingerprint density at radius 3 is 2.64 bits per heavy atom. The largest absolute Gasteiger partial charge is 0.462 e. The van der Waals surface area contributed by atoms with Crippen LogP contribution in [0, 0.1) is 13.8 Å². The number of benzene rings is 1. The summed E-state index contributed by atoms with van der Waals surface area (Å²) in [6.07, 6.45) is -0.110. The summed E-state index contributed by atoms with van der Waals surface area (Å²) in [6, 6.07) is 7.16. The fraction of sp³-hybridized carbons (Fsp3) is 0.300. The molecule has 0 aliphatic carbocycles. The summed E-state index contributed by atoms with van der Waals surface area (Å²) >= 11 is 0. The number of carbonyl (C=O) groups excluding carboxylic acids is 3. The Kier molecular flexibility index (Phi) is 5.58. The summed E-state index contributed by atoms with van der Waals surface area (Å²) in [5.41, 5.74) is 2.57. The maximum absolute atomic E-state index is 12.4. The summed E-state index contributed by atoms with van der Waals surface area (Å²) in [5.74, 6) is -1.53. The molecule has 1 aromatic carbocycles. The Bertz CT molecular complexity index is 1050. The molecule has 0 unspecified atom stereocenters. The van der Waals surface area contributed by atoms with Crippen LogP contribution in [0.4, 0.5) is 0 Å². The number of H-pyrrole nitrogens is 1. The van der Waals surface area contributed by atoms with Gasteiger partial charge in [-0.3, -0.25) is 9.59 Å². The third-order valence-electron chi connectivity index (χ3n) is 4.32. The van der Waals surface area contributed by atoms with Gasteiger partial charge in [-0.1, -0.05) is 17.3 Å². The molecule has 8 nitrogen and oxygen atoms in total. The zero-order valence-corrected chi connectivity index (χ0v) is 15.8. The zero-order valence-electron chi connectivity index (χ0n) is 15.8. The molecule has 28 heavy (non-hydrogen) atoms. The molecule has 0 aliphatic heterocycles. The molecule has 0 amide bonds. The highest BCUT2D eigenvalue weighted by Crippen LogP contribution is 2.20. The minimum absolute atomic E-state index is 0.110. The van der Waals surface area contributed by atoms with Crippen molar-refractivity contribution in [2.24, 2.45) is 0 Å². The highest BCUT2D eigenvalue weighted by molar-refractivity contribution is 6.02. The number of esters is 2. The van der Waals surface area contributed by atoms with Crippen molar-refractivity contribution < 1.29 is 28.4 Å². The number of aromatic nitrogens is 2. The summed E-state index contributed by atoms with van der Waals surface area (Å²) < 4.78 is 15.2. The average molecular weight is 384 g/mol. The number of rotatable bonds is 7.